The monoisotopic (exact) mass is 262 g/mol. The van der Waals surface area contributed by atoms with Crippen LogP contribution in [0, 0.1) is 5.82 Å². The second-order valence-electron chi connectivity index (χ2n) is 5.93. The largest absolute Gasteiger partial charge is 0.312 e. The number of rotatable bonds is 5. The Bertz CT molecular complexity index is 417. The number of hydrogen-bond donors (Lipinski definition) is 1. The molecule has 1 N–H and O–H groups in total. The molecule has 1 aliphatic carbocycles. The van der Waals surface area contributed by atoms with Crippen LogP contribution in [0.15, 0.2) is 24.3 Å². The number of halogens is 1. The highest BCUT2D eigenvalue weighted by atomic mass is 19.1. The minimum atomic E-state index is -0.123. The maximum atomic E-state index is 13.2. The van der Waals surface area contributed by atoms with Gasteiger partial charge in [0, 0.05) is 25.2 Å². The quantitative estimate of drug-likeness (QED) is 0.877. The van der Waals surface area contributed by atoms with Crippen molar-refractivity contribution in [3.63, 3.8) is 0 Å². The first-order valence-corrected chi connectivity index (χ1v) is 7.53. The molecule has 1 heterocycles. The van der Waals surface area contributed by atoms with Crippen LogP contribution in [0.2, 0.25) is 0 Å². The molecule has 1 aromatic carbocycles. The van der Waals surface area contributed by atoms with E-state index in [-0.39, 0.29) is 5.82 Å². The van der Waals surface area contributed by atoms with Crippen molar-refractivity contribution in [1.29, 1.82) is 0 Å². The third-order valence-electron chi connectivity index (χ3n) is 4.24. The van der Waals surface area contributed by atoms with Crippen molar-refractivity contribution in [2.24, 2.45) is 0 Å². The van der Waals surface area contributed by atoms with Crippen molar-refractivity contribution in [1.82, 2.24) is 10.2 Å². The summed E-state index contributed by atoms with van der Waals surface area (Å²) in [5.41, 5.74) is 1.10. The fourth-order valence-corrected chi connectivity index (χ4v) is 2.96. The lowest BCUT2D eigenvalue weighted by Crippen LogP contribution is -2.45. The molecule has 1 aromatic rings. The van der Waals surface area contributed by atoms with Crippen molar-refractivity contribution >= 4 is 0 Å². The summed E-state index contributed by atoms with van der Waals surface area (Å²) in [5.74, 6) is -0.123. The van der Waals surface area contributed by atoms with Crippen LogP contribution in [0.3, 0.4) is 0 Å². The van der Waals surface area contributed by atoms with Gasteiger partial charge in [0.2, 0.25) is 0 Å². The van der Waals surface area contributed by atoms with Crippen molar-refractivity contribution in [2.75, 3.05) is 13.1 Å². The van der Waals surface area contributed by atoms with Crippen molar-refractivity contribution < 1.29 is 4.39 Å². The van der Waals surface area contributed by atoms with Crippen LogP contribution in [-0.2, 0) is 6.54 Å². The second-order valence-corrected chi connectivity index (χ2v) is 5.93. The molecule has 0 amide bonds. The summed E-state index contributed by atoms with van der Waals surface area (Å²) in [5, 5.41) is 3.64. The van der Waals surface area contributed by atoms with Gasteiger partial charge >= 0.3 is 0 Å². The van der Waals surface area contributed by atoms with Gasteiger partial charge in [0.05, 0.1) is 0 Å². The molecule has 1 atom stereocenters. The summed E-state index contributed by atoms with van der Waals surface area (Å²) in [4.78, 5) is 2.52. The summed E-state index contributed by atoms with van der Waals surface area (Å²) in [7, 11) is 0. The zero-order chi connectivity index (χ0) is 13.1. The van der Waals surface area contributed by atoms with Crippen LogP contribution in [0.5, 0.6) is 0 Å². The van der Waals surface area contributed by atoms with Crippen LogP contribution in [0.25, 0.3) is 0 Å². The van der Waals surface area contributed by atoms with Crippen LogP contribution in [0.1, 0.15) is 37.7 Å². The van der Waals surface area contributed by atoms with E-state index in [1.54, 1.807) is 6.07 Å². The van der Waals surface area contributed by atoms with E-state index >= 15 is 0 Å². The molecule has 1 aliphatic heterocycles. The molecule has 19 heavy (non-hydrogen) atoms. The second kappa shape index (κ2) is 6.02. The summed E-state index contributed by atoms with van der Waals surface area (Å²) in [6, 6.07) is 8.43. The molecule has 2 aliphatic rings. The molecular weight excluding hydrogens is 239 g/mol. The molecule has 2 fully saturated rings. The lowest BCUT2D eigenvalue weighted by molar-refractivity contribution is 0.137. The van der Waals surface area contributed by atoms with E-state index in [0.29, 0.717) is 6.04 Å². The van der Waals surface area contributed by atoms with Crippen molar-refractivity contribution in [2.45, 2.75) is 50.7 Å². The topological polar surface area (TPSA) is 15.3 Å². The van der Waals surface area contributed by atoms with Crippen LogP contribution >= 0.6 is 0 Å². The zero-order valence-electron chi connectivity index (χ0n) is 11.4. The Balaban J connectivity index is 1.59. The van der Waals surface area contributed by atoms with E-state index in [9.17, 15) is 4.39 Å². The number of nitrogens with zero attached hydrogens (tertiary/aromatic N) is 1. The number of nitrogens with one attached hydrogen (secondary N) is 1. The van der Waals surface area contributed by atoms with Gasteiger partial charge in [-0.3, -0.25) is 4.90 Å². The molecular formula is C16H23FN2. The van der Waals surface area contributed by atoms with Crippen LogP contribution in [-0.4, -0.2) is 30.1 Å². The molecule has 104 valence electrons. The first-order chi connectivity index (χ1) is 9.31. The summed E-state index contributed by atoms with van der Waals surface area (Å²) in [6.45, 7) is 3.13. The van der Waals surface area contributed by atoms with E-state index < -0.39 is 0 Å². The van der Waals surface area contributed by atoms with E-state index in [1.165, 1.54) is 38.2 Å². The Kier molecular flexibility index (Phi) is 4.14. The zero-order valence-corrected chi connectivity index (χ0v) is 11.4. The van der Waals surface area contributed by atoms with E-state index in [0.717, 1.165) is 31.2 Å². The molecule has 2 nitrogen and oxygen atoms in total. The third-order valence-corrected chi connectivity index (χ3v) is 4.24. The smallest absolute Gasteiger partial charge is 0.123 e. The molecule has 3 heteroatoms. The fraction of sp³-hybridized carbons (Fsp3) is 0.625. The molecule has 3 rings (SSSR count). The molecule has 0 bridgehead atoms. The lowest BCUT2D eigenvalue weighted by atomic mass is 10.0. The van der Waals surface area contributed by atoms with Gasteiger partial charge in [-0.05, 0) is 49.9 Å². The molecule has 0 spiro atoms. The average Bonchev–Trinajstić information content (AvgIpc) is 3.22. The highest BCUT2D eigenvalue weighted by molar-refractivity contribution is 5.16. The van der Waals surface area contributed by atoms with Gasteiger partial charge in [-0.1, -0.05) is 18.6 Å². The maximum absolute atomic E-state index is 13.2. The van der Waals surface area contributed by atoms with E-state index in [2.05, 4.69) is 10.2 Å². The van der Waals surface area contributed by atoms with Gasteiger partial charge in [0.15, 0.2) is 0 Å². The molecule has 0 aromatic heterocycles. The van der Waals surface area contributed by atoms with Crippen molar-refractivity contribution in [3.8, 4) is 0 Å². The summed E-state index contributed by atoms with van der Waals surface area (Å²) in [6.07, 6.45) is 6.56. The standard InChI is InChI=1S/C16H23FN2/c17-14-5-3-4-13(10-14)12-19-9-2-1-6-16(19)11-18-15-7-8-15/h3-5,10,15-16,18H,1-2,6-9,11-12H2. The number of hydrogen-bond acceptors (Lipinski definition) is 2. The first-order valence-electron chi connectivity index (χ1n) is 7.53. The predicted molar refractivity (Wildman–Crippen MR) is 75.5 cm³/mol. The predicted octanol–water partition coefficient (Wildman–Crippen LogP) is 2.93. The van der Waals surface area contributed by atoms with Gasteiger partial charge < -0.3 is 5.32 Å². The number of piperidine rings is 1. The minimum absolute atomic E-state index is 0.123. The first kappa shape index (κ1) is 13.1. The lowest BCUT2D eigenvalue weighted by Gasteiger charge is -2.36. The Morgan fingerprint density at radius 2 is 2.11 bits per heavy atom. The Morgan fingerprint density at radius 3 is 2.89 bits per heavy atom. The molecule has 1 unspecified atom stereocenters. The fourth-order valence-electron chi connectivity index (χ4n) is 2.96. The van der Waals surface area contributed by atoms with Gasteiger partial charge in [-0.2, -0.15) is 0 Å². The summed E-state index contributed by atoms with van der Waals surface area (Å²) >= 11 is 0. The third kappa shape index (κ3) is 3.77. The van der Waals surface area contributed by atoms with Crippen LogP contribution in [0.4, 0.5) is 4.39 Å². The highest BCUT2D eigenvalue weighted by Gasteiger charge is 2.26. The van der Waals surface area contributed by atoms with E-state index in [1.807, 2.05) is 12.1 Å². The normalized spacial score (nSPS) is 24.6. The Morgan fingerprint density at radius 1 is 1.21 bits per heavy atom. The minimum Gasteiger partial charge on any atom is -0.312 e. The van der Waals surface area contributed by atoms with Gasteiger partial charge in [-0.15, -0.1) is 0 Å². The molecule has 0 radical (unpaired) electrons. The Hall–Kier alpha value is -0.930. The average molecular weight is 262 g/mol. The van der Waals surface area contributed by atoms with Crippen molar-refractivity contribution in [3.05, 3.63) is 35.6 Å². The maximum Gasteiger partial charge on any atom is 0.123 e. The molecule has 1 saturated heterocycles. The van der Waals surface area contributed by atoms with Gasteiger partial charge in [0.25, 0.3) is 0 Å². The van der Waals surface area contributed by atoms with Crippen LogP contribution < -0.4 is 5.32 Å². The Labute approximate surface area is 115 Å². The number of benzene rings is 1. The van der Waals surface area contributed by atoms with Gasteiger partial charge in [0.1, 0.15) is 5.82 Å². The van der Waals surface area contributed by atoms with E-state index in [4.69, 9.17) is 0 Å². The highest BCUT2D eigenvalue weighted by Crippen LogP contribution is 2.22. The number of likely N-dealkylation sites (tertiary alicyclic amines) is 1. The van der Waals surface area contributed by atoms with Gasteiger partial charge in [-0.25, -0.2) is 4.39 Å². The molecule has 1 saturated carbocycles. The summed E-state index contributed by atoms with van der Waals surface area (Å²) < 4.78 is 13.2. The SMILES string of the molecule is Fc1cccc(CN2CCCCC2CNC2CC2)c1.